The highest BCUT2D eigenvalue weighted by molar-refractivity contribution is 5.96. The number of hydrazone groups is 1. The molecule has 0 radical (unpaired) electrons. The maximum absolute atomic E-state index is 11.8. The molecule has 0 aliphatic rings. The Morgan fingerprint density at radius 2 is 2.00 bits per heavy atom. The lowest BCUT2D eigenvalue weighted by Gasteiger charge is -2.02. The van der Waals surface area contributed by atoms with E-state index in [2.05, 4.69) is 10.5 Å². The molecule has 0 aliphatic heterocycles. The molecule has 19 heavy (non-hydrogen) atoms. The molecule has 2 aromatic rings. The number of phenols is 1. The van der Waals surface area contributed by atoms with E-state index in [9.17, 15) is 9.90 Å². The molecule has 2 N–H and O–H groups in total. The van der Waals surface area contributed by atoms with Crippen LogP contribution in [0.4, 0.5) is 0 Å². The van der Waals surface area contributed by atoms with Crippen molar-refractivity contribution in [1.29, 1.82) is 0 Å². The third-order valence-electron chi connectivity index (χ3n) is 2.64. The number of carbonyl (C=O) groups is 1. The predicted octanol–water partition coefficient (Wildman–Crippen LogP) is 2.46. The number of nitrogens with zero attached hydrogens (tertiary/aromatic N) is 1. The van der Waals surface area contributed by atoms with Crippen molar-refractivity contribution >= 4 is 12.1 Å². The standard InChI is InChI=1S/C15H14N2O2/c1-11-5-2-3-8-14(11)15(19)17-16-10-12-6-4-7-13(18)9-12/h2-10,18H,1H3,(H,17,19)/b16-10-. The van der Waals surface area contributed by atoms with Gasteiger partial charge < -0.3 is 5.11 Å². The molecule has 0 spiro atoms. The lowest BCUT2D eigenvalue weighted by Crippen LogP contribution is -2.18. The Balaban J connectivity index is 2.03. The summed E-state index contributed by atoms with van der Waals surface area (Å²) in [6.07, 6.45) is 1.48. The van der Waals surface area contributed by atoms with Crippen LogP contribution in [0.5, 0.6) is 5.75 Å². The quantitative estimate of drug-likeness (QED) is 0.653. The zero-order chi connectivity index (χ0) is 13.7. The minimum atomic E-state index is -0.255. The maximum Gasteiger partial charge on any atom is 0.271 e. The van der Waals surface area contributed by atoms with E-state index in [0.29, 0.717) is 11.1 Å². The number of carbonyl (C=O) groups excluding carboxylic acids is 1. The average molecular weight is 254 g/mol. The number of hydrogen-bond acceptors (Lipinski definition) is 3. The van der Waals surface area contributed by atoms with Crippen LogP contribution in [0.3, 0.4) is 0 Å². The Labute approximate surface area is 111 Å². The van der Waals surface area contributed by atoms with Crippen molar-refractivity contribution < 1.29 is 9.90 Å². The van der Waals surface area contributed by atoms with E-state index in [1.165, 1.54) is 6.21 Å². The summed E-state index contributed by atoms with van der Waals surface area (Å²) in [5.41, 5.74) is 4.66. The molecule has 0 aromatic heterocycles. The number of aromatic hydroxyl groups is 1. The molecule has 0 saturated carbocycles. The first kappa shape index (κ1) is 12.8. The van der Waals surface area contributed by atoms with Gasteiger partial charge in [0.25, 0.3) is 5.91 Å². The Kier molecular flexibility index (Phi) is 3.93. The van der Waals surface area contributed by atoms with Crippen molar-refractivity contribution in [2.24, 2.45) is 5.10 Å². The lowest BCUT2D eigenvalue weighted by atomic mass is 10.1. The summed E-state index contributed by atoms with van der Waals surface area (Å²) in [5, 5.41) is 13.2. The fraction of sp³-hybridized carbons (Fsp3) is 0.0667. The molecule has 4 nitrogen and oxygen atoms in total. The van der Waals surface area contributed by atoms with Gasteiger partial charge in [0, 0.05) is 5.56 Å². The van der Waals surface area contributed by atoms with E-state index in [1.54, 1.807) is 36.4 Å². The summed E-state index contributed by atoms with van der Waals surface area (Å²) >= 11 is 0. The predicted molar refractivity (Wildman–Crippen MR) is 74.3 cm³/mol. The minimum absolute atomic E-state index is 0.161. The molecule has 0 heterocycles. The molecule has 0 atom stereocenters. The van der Waals surface area contributed by atoms with Crippen molar-refractivity contribution in [2.75, 3.05) is 0 Å². The van der Waals surface area contributed by atoms with Crippen LogP contribution in [-0.4, -0.2) is 17.2 Å². The highest BCUT2D eigenvalue weighted by atomic mass is 16.3. The smallest absolute Gasteiger partial charge is 0.271 e. The number of amides is 1. The third-order valence-corrected chi connectivity index (χ3v) is 2.64. The van der Waals surface area contributed by atoms with Crippen LogP contribution in [0, 0.1) is 6.92 Å². The Morgan fingerprint density at radius 3 is 2.74 bits per heavy atom. The SMILES string of the molecule is Cc1ccccc1C(=O)N/N=C\c1cccc(O)c1. The van der Waals surface area contributed by atoms with Gasteiger partial charge in [-0.05, 0) is 36.2 Å². The van der Waals surface area contributed by atoms with Gasteiger partial charge >= 0.3 is 0 Å². The van der Waals surface area contributed by atoms with Crippen LogP contribution in [0.2, 0.25) is 0 Å². The Hall–Kier alpha value is -2.62. The number of aryl methyl sites for hydroxylation is 1. The zero-order valence-electron chi connectivity index (χ0n) is 10.5. The number of nitrogens with one attached hydrogen (secondary N) is 1. The van der Waals surface area contributed by atoms with E-state index < -0.39 is 0 Å². The van der Waals surface area contributed by atoms with Gasteiger partial charge in [0.15, 0.2) is 0 Å². The monoisotopic (exact) mass is 254 g/mol. The van der Waals surface area contributed by atoms with Crippen LogP contribution in [-0.2, 0) is 0 Å². The van der Waals surface area contributed by atoms with Crippen molar-refractivity contribution in [3.8, 4) is 5.75 Å². The van der Waals surface area contributed by atoms with Crippen LogP contribution < -0.4 is 5.43 Å². The highest BCUT2D eigenvalue weighted by Gasteiger charge is 2.05. The van der Waals surface area contributed by atoms with Crippen LogP contribution in [0.25, 0.3) is 0 Å². The van der Waals surface area contributed by atoms with E-state index in [1.807, 2.05) is 19.1 Å². The molecular weight excluding hydrogens is 240 g/mol. The fourth-order valence-electron chi connectivity index (χ4n) is 1.66. The highest BCUT2D eigenvalue weighted by Crippen LogP contribution is 2.09. The second-order valence-electron chi connectivity index (χ2n) is 4.11. The number of benzene rings is 2. The summed E-state index contributed by atoms with van der Waals surface area (Å²) in [6, 6.07) is 13.9. The zero-order valence-corrected chi connectivity index (χ0v) is 10.5. The van der Waals surface area contributed by atoms with Crippen LogP contribution in [0.1, 0.15) is 21.5 Å². The Bertz CT molecular complexity index is 621. The minimum Gasteiger partial charge on any atom is -0.508 e. The van der Waals surface area contributed by atoms with E-state index in [0.717, 1.165) is 5.56 Å². The lowest BCUT2D eigenvalue weighted by molar-refractivity contribution is 0.0954. The maximum atomic E-state index is 11.8. The second kappa shape index (κ2) is 5.82. The van der Waals surface area contributed by atoms with Gasteiger partial charge in [-0.2, -0.15) is 5.10 Å². The summed E-state index contributed by atoms with van der Waals surface area (Å²) in [5.74, 6) is -0.0938. The number of phenolic OH excluding ortho intramolecular Hbond substituents is 1. The molecule has 96 valence electrons. The fourth-order valence-corrected chi connectivity index (χ4v) is 1.66. The van der Waals surface area contributed by atoms with E-state index in [-0.39, 0.29) is 11.7 Å². The molecule has 0 unspecified atom stereocenters. The van der Waals surface area contributed by atoms with Gasteiger partial charge in [-0.15, -0.1) is 0 Å². The van der Waals surface area contributed by atoms with E-state index >= 15 is 0 Å². The molecule has 1 amide bonds. The van der Waals surface area contributed by atoms with Crippen molar-refractivity contribution in [1.82, 2.24) is 5.43 Å². The Morgan fingerprint density at radius 1 is 1.21 bits per heavy atom. The van der Waals surface area contributed by atoms with Gasteiger partial charge in [-0.25, -0.2) is 5.43 Å². The van der Waals surface area contributed by atoms with Crippen molar-refractivity contribution in [3.05, 3.63) is 65.2 Å². The topological polar surface area (TPSA) is 61.7 Å². The van der Waals surface area contributed by atoms with Gasteiger partial charge in [-0.3, -0.25) is 4.79 Å². The number of rotatable bonds is 3. The summed E-state index contributed by atoms with van der Waals surface area (Å²) in [7, 11) is 0. The normalized spacial score (nSPS) is 10.6. The molecule has 0 fully saturated rings. The average Bonchev–Trinajstić information content (AvgIpc) is 2.39. The molecule has 0 bridgehead atoms. The summed E-state index contributed by atoms with van der Waals surface area (Å²) in [4.78, 5) is 11.8. The van der Waals surface area contributed by atoms with Crippen LogP contribution in [0.15, 0.2) is 53.6 Å². The molecule has 0 aliphatic carbocycles. The largest absolute Gasteiger partial charge is 0.508 e. The first-order chi connectivity index (χ1) is 9.16. The molecule has 2 aromatic carbocycles. The van der Waals surface area contributed by atoms with E-state index in [4.69, 9.17) is 0 Å². The first-order valence-corrected chi connectivity index (χ1v) is 5.85. The van der Waals surface area contributed by atoms with Gasteiger partial charge in [-0.1, -0.05) is 30.3 Å². The molecule has 2 rings (SSSR count). The molecule has 0 saturated heterocycles. The van der Waals surface area contributed by atoms with Crippen LogP contribution >= 0.6 is 0 Å². The third kappa shape index (κ3) is 3.42. The van der Waals surface area contributed by atoms with Crippen molar-refractivity contribution in [3.63, 3.8) is 0 Å². The van der Waals surface area contributed by atoms with Crippen molar-refractivity contribution in [2.45, 2.75) is 6.92 Å². The molecular formula is C15H14N2O2. The summed E-state index contributed by atoms with van der Waals surface area (Å²) in [6.45, 7) is 1.87. The van der Waals surface area contributed by atoms with Gasteiger partial charge in [0.2, 0.25) is 0 Å². The summed E-state index contributed by atoms with van der Waals surface area (Å²) < 4.78 is 0. The van der Waals surface area contributed by atoms with Gasteiger partial charge in [0.05, 0.1) is 6.21 Å². The second-order valence-corrected chi connectivity index (χ2v) is 4.11. The first-order valence-electron chi connectivity index (χ1n) is 5.85. The van der Waals surface area contributed by atoms with Gasteiger partial charge in [0.1, 0.15) is 5.75 Å². The number of hydrogen-bond donors (Lipinski definition) is 2. The molecule has 4 heteroatoms.